The molecule has 0 aromatic carbocycles. The topological polar surface area (TPSA) is 58.2 Å². The van der Waals surface area contributed by atoms with Gasteiger partial charge in [-0.25, -0.2) is 9.78 Å². The summed E-state index contributed by atoms with van der Waals surface area (Å²) in [7, 11) is 0. The van der Waals surface area contributed by atoms with Gasteiger partial charge in [-0.15, -0.1) is 0 Å². The lowest BCUT2D eigenvalue weighted by molar-refractivity contribution is -0.577. The van der Waals surface area contributed by atoms with Crippen LogP contribution in [-0.4, -0.2) is 43.7 Å². The maximum Gasteiger partial charge on any atom is 0.201 e. The fourth-order valence-electron chi connectivity index (χ4n) is 5.70. The Morgan fingerprint density at radius 3 is 2.70 bits per heavy atom. The number of nitrogens with one attached hydrogen (secondary N) is 1. The number of fused-ring (bicyclic) bond motifs is 2. The SMILES string of the molecule is CC(C)CNCCO[C@H]1OC2OC3(C)CCC4[C@H](C)CCC([C@H]1C)[C@@]24OO3. The van der Waals surface area contributed by atoms with Crippen molar-refractivity contribution in [1.82, 2.24) is 5.32 Å². The first kappa shape index (κ1) is 20.0. The lowest BCUT2D eigenvalue weighted by Gasteiger charge is -2.60. The third kappa shape index (κ3) is 3.47. The summed E-state index contributed by atoms with van der Waals surface area (Å²) in [5, 5.41) is 3.43. The predicted octanol–water partition coefficient (Wildman–Crippen LogP) is 3.46. The summed E-state index contributed by atoms with van der Waals surface area (Å²) in [4.78, 5) is 12.0. The first-order valence-electron chi connectivity index (χ1n) is 10.9. The van der Waals surface area contributed by atoms with E-state index in [9.17, 15) is 0 Å². The van der Waals surface area contributed by atoms with E-state index in [0.717, 1.165) is 32.4 Å². The highest BCUT2D eigenvalue weighted by Gasteiger charge is 2.69. The van der Waals surface area contributed by atoms with Crippen LogP contribution in [0.4, 0.5) is 0 Å². The Balaban J connectivity index is 1.48. The van der Waals surface area contributed by atoms with E-state index in [1.807, 2.05) is 6.92 Å². The van der Waals surface area contributed by atoms with Crippen molar-refractivity contribution in [3.63, 3.8) is 0 Å². The highest BCUT2D eigenvalue weighted by atomic mass is 17.3. The maximum absolute atomic E-state index is 6.41. The minimum atomic E-state index is -0.721. The molecule has 8 atom stereocenters. The summed E-state index contributed by atoms with van der Waals surface area (Å²) in [6.07, 6.45) is 3.55. The van der Waals surface area contributed by atoms with Crippen molar-refractivity contribution in [2.75, 3.05) is 19.7 Å². The quantitative estimate of drug-likeness (QED) is 0.560. The van der Waals surface area contributed by atoms with Crippen LogP contribution in [0.25, 0.3) is 0 Å². The average Bonchev–Trinajstić information content (AvgIpc) is 2.84. The van der Waals surface area contributed by atoms with E-state index < -0.39 is 17.7 Å². The normalized spacial score (nSPS) is 49.1. The highest BCUT2D eigenvalue weighted by Crippen LogP contribution is 2.60. The number of hydrogen-bond donors (Lipinski definition) is 1. The molecule has 1 aliphatic carbocycles. The Morgan fingerprint density at radius 2 is 1.93 bits per heavy atom. The van der Waals surface area contributed by atoms with E-state index in [0.29, 0.717) is 30.3 Å². The molecule has 5 aliphatic rings. The Labute approximate surface area is 163 Å². The Kier molecular flexibility index (Phi) is 5.60. The second-order valence-electron chi connectivity index (χ2n) is 9.74. The molecule has 4 saturated heterocycles. The van der Waals surface area contributed by atoms with Crippen LogP contribution in [0.1, 0.15) is 60.3 Å². The van der Waals surface area contributed by atoms with Crippen LogP contribution in [0.2, 0.25) is 0 Å². The molecule has 27 heavy (non-hydrogen) atoms. The van der Waals surface area contributed by atoms with Gasteiger partial charge in [0.15, 0.2) is 18.2 Å². The zero-order valence-corrected chi connectivity index (χ0v) is 17.5. The fourth-order valence-corrected chi connectivity index (χ4v) is 5.70. The summed E-state index contributed by atoms with van der Waals surface area (Å²) >= 11 is 0. The monoisotopic (exact) mass is 383 g/mol. The standard InChI is InChI=1S/C21H37NO5/c1-13(2)12-22-10-11-23-18-15(4)17-7-6-14(3)16-8-9-20(5)25-19(24-18)21(16,17)27-26-20/h13-19,22H,6-12H2,1-5H3/t14-,15-,16?,17?,18+,19?,20?,21-/m1/s1. The molecule has 4 heterocycles. The van der Waals surface area contributed by atoms with E-state index in [1.54, 1.807) is 0 Å². The summed E-state index contributed by atoms with van der Waals surface area (Å²) in [5.41, 5.74) is -0.497. The van der Waals surface area contributed by atoms with Gasteiger partial charge in [0.1, 0.15) is 0 Å². The van der Waals surface area contributed by atoms with Crippen molar-refractivity contribution in [3.05, 3.63) is 0 Å². The molecule has 0 radical (unpaired) electrons. The smallest absolute Gasteiger partial charge is 0.201 e. The third-order valence-corrected chi connectivity index (χ3v) is 7.21. The summed E-state index contributed by atoms with van der Waals surface area (Å²) < 4.78 is 18.9. The Bertz CT molecular complexity index is 531. The maximum atomic E-state index is 6.41. The zero-order chi connectivity index (χ0) is 19.2. The van der Waals surface area contributed by atoms with Crippen LogP contribution < -0.4 is 5.32 Å². The molecule has 156 valence electrons. The van der Waals surface area contributed by atoms with Crippen molar-refractivity contribution in [1.29, 1.82) is 0 Å². The molecule has 1 spiro atoms. The summed E-state index contributed by atoms with van der Waals surface area (Å²) in [6, 6.07) is 0. The highest BCUT2D eigenvalue weighted by molar-refractivity contribution is 5.09. The molecular formula is C21H37NO5. The van der Waals surface area contributed by atoms with E-state index >= 15 is 0 Å². The zero-order valence-electron chi connectivity index (χ0n) is 17.5. The number of ether oxygens (including phenoxy) is 3. The predicted molar refractivity (Wildman–Crippen MR) is 100 cm³/mol. The third-order valence-electron chi connectivity index (χ3n) is 7.21. The van der Waals surface area contributed by atoms with Crippen molar-refractivity contribution >= 4 is 0 Å². The second-order valence-corrected chi connectivity index (χ2v) is 9.74. The Hall–Kier alpha value is -0.240. The van der Waals surface area contributed by atoms with E-state index in [-0.39, 0.29) is 12.2 Å². The van der Waals surface area contributed by atoms with Crippen LogP contribution in [-0.2, 0) is 24.0 Å². The van der Waals surface area contributed by atoms with Gasteiger partial charge in [0, 0.05) is 24.8 Å². The first-order valence-corrected chi connectivity index (χ1v) is 10.9. The van der Waals surface area contributed by atoms with Gasteiger partial charge >= 0.3 is 0 Å². The van der Waals surface area contributed by atoms with Gasteiger partial charge in [-0.3, -0.25) is 0 Å². The summed E-state index contributed by atoms with van der Waals surface area (Å²) in [6.45, 7) is 13.4. The van der Waals surface area contributed by atoms with Crippen LogP contribution in [0, 0.1) is 29.6 Å². The van der Waals surface area contributed by atoms with E-state index in [4.69, 9.17) is 24.0 Å². The fraction of sp³-hybridized carbons (Fsp3) is 1.00. The van der Waals surface area contributed by atoms with Crippen molar-refractivity contribution in [2.24, 2.45) is 29.6 Å². The van der Waals surface area contributed by atoms with Gasteiger partial charge < -0.3 is 19.5 Å². The molecular weight excluding hydrogens is 346 g/mol. The second kappa shape index (κ2) is 7.54. The Morgan fingerprint density at radius 1 is 1.11 bits per heavy atom. The van der Waals surface area contributed by atoms with E-state index in [1.165, 1.54) is 6.42 Å². The summed E-state index contributed by atoms with van der Waals surface area (Å²) in [5.74, 6) is 1.49. The van der Waals surface area contributed by atoms with Crippen molar-refractivity contribution in [3.8, 4) is 0 Å². The number of rotatable bonds is 6. The van der Waals surface area contributed by atoms with Crippen LogP contribution in [0.3, 0.4) is 0 Å². The largest absolute Gasteiger partial charge is 0.351 e. The van der Waals surface area contributed by atoms with Gasteiger partial charge in [0.05, 0.1) is 6.61 Å². The molecule has 4 aliphatic heterocycles. The molecule has 1 N–H and O–H groups in total. The van der Waals surface area contributed by atoms with Crippen molar-refractivity contribution < 1.29 is 24.0 Å². The molecule has 0 aromatic heterocycles. The van der Waals surface area contributed by atoms with Gasteiger partial charge in [-0.1, -0.05) is 27.7 Å². The molecule has 6 nitrogen and oxygen atoms in total. The lowest BCUT2D eigenvalue weighted by Crippen LogP contribution is -2.70. The van der Waals surface area contributed by atoms with Crippen molar-refractivity contribution in [2.45, 2.75) is 84.3 Å². The molecule has 0 aromatic rings. The van der Waals surface area contributed by atoms with Crippen LogP contribution >= 0.6 is 0 Å². The average molecular weight is 384 g/mol. The molecule has 4 unspecified atom stereocenters. The number of hydrogen-bond acceptors (Lipinski definition) is 6. The van der Waals surface area contributed by atoms with Crippen LogP contribution in [0.5, 0.6) is 0 Å². The van der Waals surface area contributed by atoms with Crippen LogP contribution in [0.15, 0.2) is 0 Å². The lowest BCUT2D eigenvalue weighted by atomic mass is 9.58. The molecule has 5 rings (SSSR count). The van der Waals surface area contributed by atoms with Gasteiger partial charge in [0.2, 0.25) is 5.79 Å². The van der Waals surface area contributed by atoms with Gasteiger partial charge in [0.25, 0.3) is 0 Å². The minimum Gasteiger partial charge on any atom is -0.351 e. The van der Waals surface area contributed by atoms with Gasteiger partial charge in [-0.05, 0) is 50.5 Å². The molecule has 6 heteroatoms. The molecule has 2 bridgehead atoms. The van der Waals surface area contributed by atoms with E-state index in [2.05, 4.69) is 33.0 Å². The molecule has 0 amide bonds. The molecule has 5 fully saturated rings. The molecule has 1 saturated carbocycles. The minimum absolute atomic E-state index is 0.246. The first-order chi connectivity index (χ1) is 12.9. The van der Waals surface area contributed by atoms with Gasteiger partial charge in [-0.2, -0.15) is 0 Å².